The number of aliphatic carboxylic acids is 1. The second-order valence-corrected chi connectivity index (χ2v) is 7.03. The molecular formula is C24H29NO8. The molecule has 2 aromatic rings. The van der Waals surface area contributed by atoms with Gasteiger partial charge in [-0.15, -0.1) is 0 Å². The summed E-state index contributed by atoms with van der Waals surface area (Å²) in [5.74, 6) is -1.14. The van der Waals surface area contributed by atoms with Crippen LogP contribution >= 0.6 is 0 Å². The topological polar surface area (TPSA) is 120 Å². The number of carboxylic acid groups (broad SMARTS) is 1. The number of carboxylic acids is 1. The van der Waals surface area contributed by atoms with Crippen LogP contribution in [-0.4, -0.2) is 48.5 Å². The Morgan fingerprint density at radius 3 is 2.21 bits per heavy atom. The van der Waals surface area contributed by atoms with Crippen LogP contribution in [-0.2, 0) is 32.1 Å². The van der Waals surface area contributed by atoms with Crippen LogP contribution in [0.5, 0.6) is 11.5 Å². The van der Waals surface area contributed by atoms with Gasteiger partial charge in [-0.2, -0.15) is 0 Å². The van der Waals surface area contributed by atoms with E-state index in [2.05, 4.69) is 5.32 Å². The number of ether oxygens (including phenoxy) is 4. The van der Waals surface area contributed by atoms with E-state index in [-0.39, 0.29) is 13.0 Å². The van der Waals surface area contributed by atoms with E-state index in [0.717, 1.165) is 12.5 Å². The fourth-order valence-electron chi connectivity index (χ4n) is 3.11. The van der Waals surface area contributed by atoms with Crippen molar-refractivity contribution >= 4 is 18.0 Å². The summed E-state index contributed by atoms with van der Waals surface area (Å²) in [4.78, 5) is 35.8. The van der Waals surface area contributed by atoms with Crippen molar-refractivity contribution < 1.29 is 38.4 Å². The van der Waals surface area contributed by atoms with Crippen LogP contribution in [0.2, 0.25) is 0 Å². The molecule has 0 heterocycles. The van der Waals surface area contributed by atoms with Gasteiger partial charge in [-0.05, 0) is 43.5 Å². The highest BCUT2D eigenvalue weighted by molar-refractivity contribution is 5.79. The SMILES string of the molecule is CCOc1ccc(CC(NC(=O)OCc2ccccc2)C(OC(C)=O)C(=O)O)cc1OCC. The monoisotopic (exact) mass is 459 g/mol. The summed E-state index contributed by atoms with van der Waals surface area (Å²) >= 11 is 0. The molecule has 178 valence electrons. The number of amides is 1. The van der Waals surface area contributed by atoms with Crippen molar-refractivity contribution in [2.45, 2.75) is 45.9 Å². The van der Waals surface area contributed by atoms with Crippen molar-refractivity contribution in [3.05, 3.63) is 59.7 Å². The van der Waals surface area contributed by atoms with Gasteiger partial charge in [0.25, 0.3) is 0 Å². The summed E-state index contributed by atoms with van der Waals surface area (Å²) in [5.41, 5.74) is 1.42. The third-order valence-electron chi connectivity index (χ3n) is 4.48. The molecule has 2 atom stereocenters. The highest BCUT2D eigenvalue weighted by Gasteiger charge is 2.33. The number of carbonyl (C=O) groups is 3. The first-order valence-electron chi connectivity index (χ1n) is 10.6. The lowest BCUT2D eigenvalue weighted by Crippen LogP contribution is -2.50. The number of hydrogen-bond donors (Lipinski definition) is 2. The van der Waals surface area contributed by atoms with Gasteiger partial charge in [0.15, 0.2) is 11.5 Å². The van der Waals surface area contributed by atoms with E-state index in [9.17, 15) is 19.5 Å². The molecule has 9 nitrogen and oxygen atoms in total. The van der Waals surface area contributed by atoms with Crippen molar-refractivity contribution in [1.82, 2.24) is 5.32 Å². The first-order chi connectivity index (χ1) is 15.8. The third kappa shape index (κ3) is 8.36. The highest BCUT2D eigenvalue weighted by atomic mass is 16.6. The molecule has 0 aromatic heterocycles. The van der Waals surface area contributed by atoms with E-state index in [1.807, 2.05) is 32.0 Å². The maximum Gasteiger partial charge on any atom is 0.407 e. The van der Waals surface area contributed by atoms with Crippen LogP contribution in [0, 0.1) is 0 Å². The van der Waals surface area contributed by atoms with Crippen LogP contribution in [0.3, 0.4) is 0 Å². The lowest BCUT2D eigenvalue weighted by Gasteiger charge is -2.25. The normalized spacial score (nSPS) is 12.2. The number of hydrogen-bond acceptors (Lipinski definition) is 7. The summed E-state index contributed by atoms with van der Waals surface area (Å²) < 4.78 is 21.4. The average molecular weight is 459 g/mol. The fraction of sp³-hybridized carbons (Fsp3) is 0.375. The van der Waals surface area contributed by atoms with Gasteiger partial charge in [0.2, 0.25) is 6.10 Å². The zero-order valence-corrected chi connectivity index (χ0v) is 18.9. The summed E-state index contributed by atoms with van der Waals surface area (Å²) in [6.07, 6.45) is -2.41. The number of carbonyl (C=O) groups excluding carboxylic acids is 2. The molecule has 0 aliphatic carbocycles. The molecule has 0 fully saturated rings. The fourth-order valence-corrected chi connectivity index (χ4v) is 3.11. The summed E-state index contributed by atoms with van der Waals surface area (Å²) in [6, 6.07) is 13.1. The average Bonchev–Trinajstić information content (AvgIpc) is 2.78. The highest BCUT2D eigenvalue weighted by Crippen LogP contribution is 2.29. The molecule has 1 amide bonds. The molecule has 2 aromatic carbocycles. The lowest BCUT2D eigenvalue weighted by atomic mass is 10.0. The van der Waals surface area contributed by atoms with Crippen LogP contribution in [0.4, 0.5) is 4.79 Å². The standard InChI is InChI=1S/C24H29NO8/c1-4-30-20-12-11-18(14-21(20)31-5-2)13-19(22(23(27)28)33-16(3)26)25-24(29)32-15-17-9-7-6-8-10-17/h6-12,14,19,22H,4-5,13,15H2,1-3H3,(H,25,29)(H,27,28). The number of benzene rings is 2. The van der Waals surface area contributed by atoms with Gasteiger partial charge in [-0.1, -0.05) is 36.4 Å². The minimum absolute atomic E-state index is 0.00222. The van der Waals surface area contributed by atoms with Crippen LogP contribution in [0.15, 0.2) is 48.5 Å². The molecule has 0 saturated carbocycles. The summed E-state index contributed by atoms with van der Waals surface area (Å²) in [5, 5.41) is 12.2. The predicted octanol–water partition coefficient (Wildman–Crippen LogP) is 3.34. The lowest BCUT2D eigenvalue weighted by molar-refractivity contribution is -0.164. The second kappa shape index (κ2) is 12.9. The Hall–Kier alpha value is -3.75. The number of nitrogens with one attached hydrogen (secondary N) is 1. The van der Waals surface area contributed by atoms with Gasteiger partial charge in [-0.3, -0.25) is 4.79 Å². The van der Waals surface area contributed by atoms with Crippen LogP contribution in [0.25, 0.3) is 0 Å². The minimum Gasteiger partial charge on any atom is -0.490 e. The zero-order chi connectivity index (χ0) is 24.2. The Kier molecular flexibility index (Phi) is 10.0. The maximum atomic E-state index is 12.4. The van der Waals surface area contributed by atoms with Crippen LogP contribution < -0.4 is 14.8 Å². The Morgan fingerprint density at radius 2 is 1.61 bits per heavy atom. The van der Waals surface area contributed by atoms with Gasteiger partial charge in [0.1, 0.15) is 6.61 Å². The van der Waals surface area contributed by atoms with Crippen molar-refractivity contribution in [3.8, 4) is 11.5 Å². The number of alkyl carbamates (subject to hydrolysis) is 1. The van der Waals surface area contributed by atoms with Crippen molar-refractivity contribution in [1.29, 1.82) is 0 Å². The Bertz CT molecular complexity index is 931. The second-order valence-electron chi connectivity index (χ2n) is 7.03. The van der Waals surface area contributed by atoms with E-state index in [0.29, 0.717) is 30.3 Å². The molecule has 0 saturated heterocycles. The number of rotatable bonds is 12. The van der Waals surface area contributed by atoms with Crippen LogP contribution in [0.1, 0.15) is 31.9 Å². The van der Waals surface area contributed by atoms with Gasteiger partial charge >= 0.3 is 18.0 Å². The van der Waals surface area contributed by atoms with Gasteiger partial charge < -0.3 is 29.4 Å². The predicted molar refractivity (Wildman–Crippen MR) is 119 cm³/mol. The maximum absolute atomic E-state index is 12.4. The smallest absolute Gasteiger partial charge is 0.407 e. The molecule has 0 radical (unpaired) electrons. The molecule has 0 aliphatic heterocycles. The molecule has 33 heavy (non-hydrogen) atoms. The van der Waals surface area contributed by atoms with E-state index in [4.69, 9.17) is 18.9 Å². The Labute approximate surface area is 192 Å². The minimum atomic E-state index is -1.62. The largest absolute Gasteiger partial charge is 0.490 e. The molecule has 0 bridgehead atoms. The van der Waals surface area contributed by atoms with E-state index in [1.165, 1.54) is 0 Å². The molecule has 0 spiro atoms. The Morgan fingerprint density at radius 1 is 0.939 bits per heavy atom. The zero-order valence-electron chi connectivity index (χ0n) is 18.9. The Balaban J connectivity index is 2.22. The first kappa shape index (κ1) is 25.5. The molecule has 2 N–H and O–H groups in total. The van der Waals surface area contributed by atoms with E-state index >= 15 is 0 Å². The molecule has 9 heteroatoms. The first-order valence-corrected chi connectivity index (χ1v) is 10.6. The van der Waals surface area contributed by atoms with Gasteiger partial charge in [0.05, 0.1) is 19.3 Å². The van der Waals surface area contributed by atoms with Crippen molar-refractivity contribution in [2.75, 3.05) is 13.2 Å². The number of esters is 1. The van der Waals surface area contributed by atoms with Gasteiger partial charge in [-0.25, -0.2) is 9.59 Å². The van der Waals surface area contributed by atoms with E-state index < -0.39 is 30.2 Å². The molecular weight excluding hydrogens is 430 g/mol. The van der Waals surface area contributed by atoms with E-state index in [1.54, 1.807) is 30.3 Å². The molecule has 0 aliphatic rings. The third-order valence-corrected chi connectivity index (χ3v) is 4.48. The summed E-state index contributed by atoms with van der Waals surface area (Å²) in [7, 11) is 0. The van der Waals surface area contributed by atoms with Crippen molar-refractivity contribution in [3.63, 3.8) is 0 Å². The van der Waals surface area contributed by atoms with Crippen molar-refractivity contribution in [2.24, 2.45) is 0 Å². The quantitative estimate of drug-likeness (QED) is 0.464. The molecule has 2 rings (SSSR count). The van der Waals surface area contributed by atoms with Gasteiger partial charge in [0, 0.05) is 6.92 Å². The molecule has 2 unspecified atom stereocenters. The summed E-state index contributed by atoms with van der Waals surface area (Å²) in [6.45, 7) is 5.64.